The average molecular weight is 265 g/mol. The molecule has 0 atom stereocenters. The standard InChI is InChI=1S/C13H16FN3O2/c1-13(2,3)19-12(18)17-5-4-9(8-17)11-15-6-10(14)7-16-11/h4,6-7H,5,8H2,1-3H3. The van der Waals surface area contributed by atoms with Crippen molar-refractivity contribution in [2.75, 3.05) is 13.1 Å². The van der Waals surface area contributed by atoms with Crippen LogP contribution in [-0.4, -0.2) is 39.7 Å². The zero-order valence-corrected chi connectivity index (χ0v) is 11.2. The normalized spacial score (nSPS) is 15.4. The number of nitrogens with zero attached hydrogens (tertiary/aromatic N) is 3. The van der Waals surface area contributed by atoms with Crippen molar-refractivity contribution in [2.24, 2.45) is 0 Å². The summed E-state index contributed by atoms with van der Waals surface area (Å²) in [5, 5.41) is 0. The van der Waals surface area contributed by atoms with Crippen molar-refractivity contribution in [3.05, 3.63) is 30.1 Å². The minimum atomic E-state index is -0.522. The van der Waals surface area contributed by atoms with Gasteiger partial charge < -0.3 is 9.64 Å². The quantitative estimate of drug-likeness (QED) is 0.781. The summed E-state index contributed by atoms with van der Waals surface area (Å²) >= 11 is 0. The second-order valence-electron chi connectivity index (χ2n) is 5.32. The number of amides is 1. The van der Waals surface area contributed by atoms with Gasteiger partial charge in [0.15, 0.2) is 11.6 Å². The van der Waals surface area contributed by atoms with Gasteiger partial charge in [-0.25, -0.2) is 19.2 Å². The van der Waals surface area contributed by atoms with E-state index in [9.17, 15) is 9.18 Å². The number of halogens is 1. The summed E-state index contributed by atoms with van der Waals surface area (Å²) in [5.74, 6) is -0.0428. The molecular formula is C13H16FN3O2. The Labute approximate surface area is 111 Å². The number of ether oxygens (including phenoxy) is 1. The van der Waals surface area contributed by atoms with E-state index in [1.165, 1.54) is 0 Å². The van der Waals surface area contributed by atoms with Crippen LogP contribution in [0.2, 0.25) is 0 Å². The van der Waals surface area contributed by atoms with Crippen LogP contribution in [0.3, 0.4) is 0 Å². The molecule has 0 bridgehead atoms. The molecular weight excluding hydrogens is 249 g/mol. The molecule has 0 spiro atoms. The van der Waals surface area contributed by atoms with E-state index < -0.39 is 11.4 Å². The van der Waals surface area contributed by atoms with Crippen molar-refractivity contribution in [1.29, 1.82) is 0 Å². The van der Waals surface area contributed by atoms with Gasteiger partial charge in [0.1, 0.15) is 5.60 Å². The van der Waals surface area contributed by atoms with Crippen molar-refractivity contribution >= 4 is 11.7 Å². The van der Waals surface area contributed by atoms with Crippen molar-refractivity contribution < 1.29 is 13.9 Å². The monoisotopic (exact) mass is 265 g/mol. The second kappa shape index (κ2) is 4.95. The fourth-order valence-electron chi connectivity index (χ4n) is 1.66. The lowest BCUT2D eigenvalue weighted by Crippen LogP contribution is -2.35. The maximum Gasteiger partial charge on any atom is 0.410 e. The highest BCUT2D eigenvalue weighted by atomic mass is 19.1. The van der Waals surface area contributed by atoms with E-state index in [1.807, 2.05) is 26.8 Å². The summed E-state index contributed by atoms with van der Waals surface area (Å²) in [7, 11) is 0. The van der Waals surface area contributed by atoms with E-state index >= 15 is 0 Å². The van der Waals surface area contributed by atoms with E-state index in [4.69, 9.17) is 4.74 Å². The fourth-order valence-corrected chi connectivity index (χ4v) is 1.66. The van der Waals surface area contributed by atoms with Gasteiger partial charge in [-0.05, 0) is 20.8 Å². The number of hydrogen-bond acceptors (Lipinski definition) is 4. The highest BCUT2D eigenvalue weighted by Crippen LogP contribution is 2.20. The van der Waals surface area contributed by atoms with Crippen molar-refractivity contribution in [2.45, 2.75) is 26.4 Å². The lowest BCUT2D eigenvalue weighted by molar-refractivity contribution is 0.0306. The minimum Gasteiger partial charge on any atom is -0.444 e. The maximum absolute atomic E-state index is 12.7. The van der Waals surface area contributed by atoms with E-state index in [2.05, 4.69) is 9.97 Å². The summed E-state index contributed by atoms with van der Waals surface area (Å²) in [6.07, 6.45) is 3.69. The van der Waals surface area contributed by atoms with Crippen LogP contribution in [0.1, 0.15) is 26.6 Å². The van der Waals surface area contributed by atoms with Crippen LogP contribution in [-0.2, 0) is 4.74 Å². The number of carbonyl (C=O) groups is 1. The average Bonchev–Trinajstić information content (AvgIpc) is 2.77. The third kappa shape index (κ3) is 3.49. The number of rotatable bonds is 1. The van der Waals surface area contributed by atoms with E-state index in [-0.39, 0.29) is 6.09 Å². The molecule has 102 valence electrons. The number of carbonyl (C=O) groups excluding carboxylic acids is 1. The first-order valence-corrected chi connectivity index (χ1v) is 6.00. The lowest BCUT2D eigenvalue weighted by Gasteiger charge is -2.24. The van der Waals surface area contributed by atoms with Crippen molar-refractivity contribution in [3.8, 4) is 0 Å². The molecule has 1 aliphatic rings. The van der Waals surface area contributed by atoms with Crippen molar-refractivity contribution in [1.82, 2.24) is 14.9 Å². The number of aromatic nitrogens is 2. The first kappa shape index (κ1) is 13.5. The van der Waals surface area contributed by atoms with Gasteiger partial charge in [-0.1, -0.05) is 6.08 Å². The third-order valence-corrected chi connectivity index (χ3v) is 2.48. The lowest BCUT2D eigenvalue weighted by atomic mass is 10.2. The second-order valence-corrected chi connectivity index (χ2v) is 5.32. The van der Waals surface area contributed by atoms with E-state index in [0.29, 0.717) is 18.9 Å². The molecule has 0 fully saturated rings. The zero-order chi connectivity index (χ0) is 14.0. The third-order valence-electron chi connectivity index (χ3n) is 2.48. The Morgan fingerprint density at radius 3 is 2.58 bits per heavy atom. The Hall–Kier alpha value is -1.98. The fraction of sp³-hybridized carbons (Fsp3) is 0.462. The molecule has 2 heterocycles. The van der Waals surface area contributed by atoms with Gasteiger partial charge in [0.05, 0.1) is 18.9 Å². The molecule has 19 heavy (non-hydrogen) atoms. The van der Waals surface area contributed by atoms with E-state index in [0.717, 1.165) is 18.0 Å². The molecule has 1 aromatic heterocycles. The highest BCUT2D eigenvalue weighted by molar-refractivity contribution is 5.75. The molecule has 1 aromatic rings. The predicted molar refractivity (Wildman–Crippen MR) is 67.8 cm³/mol. The first-order valence-electron chi connectivity index (χ1n) is 6.00. The summed E-state index contributed by atoms with van der Waals surface area (Å²) in [5.41, 5.74) is 0.275. The SMILES string of the molecule is CC(C)(C)OC(=O)N1CC=C(c2ncc(F)cn2)C1. The van der Waals surface area contributed by atoms with Gasteiger partial charge in [0.25, 0.3) is 0 Å². The molecule has 0 radical (unpaired) electrons. The Balaban J connectivity index is 1.99. The zero-order valence-electron chi connectivity index (χ0n) is 11.2. The highest BCUT2D eigenvalue weighted by Gasteiger charge is 2.26. The van der Waals surface area contributed by atoms with Gasteiger partial charge in [-0.3, -0.25) is 0 Å². The van der Waals surface area contributed by atoms with Gasteiger partial charge in [0, 0.05) is 12.1 Å². The Morgan fingerprint density at radius 1 is 1.37 bits per heavy atom. The molecule has 0 saturated carbocycles. The smallest absolute Gasteiger partial charge is 0.410 e. The van der Waals surface area contributed by atoms with Crippen LogP contribution in [0.5, 0.6) is 0 Å². The summed E-state index contributed by atoms with van der Waals surface area (Å²) < 4.78 is 18.0. The van der Waals surface area contributed by atoms with Gasteiger partial charge >= 0.3 is 6.09 Å². The Kier molecular flexibility index (Phi) is 3.50. The molecule has 1 aliphatic heterocycles. The van der Waals surface area contributed by atoms with Crippen molar-refractivity contribution in [3.63, 3.8) is 0 Å². The van der Waals surface area contributed by atoms with Gasteiger partial charge in [-0.15, -0.1) is 0 Å². The molecule has 0 aromatic carbocycles. The molecule has 0 aliphatic carbocycles. The largest absolute Gasteiger partial charge is 0.444 e. The van der Waals surface area contributed by atoms with Gasteiger partial charge in [0.2, 0.25) is 0 Å². The maximum atomic E-state index is 12.7. The summed E-state index contributed by atoms with van der Waals surface area (Å²) in [4.78, 5) is 21.2. The Bertz CT molecular complexity index is 506. The molecule has 0 unspecified atom stereocenters. The molecule has 6 heteroatoms. The minimum absolute atomic E-state index is 0.374. The predicted octanol–water partition coefficient (Wildman–Crippen LogP) is 2.25. The van der Waals surface area contributed by atoms with Crippen LogP contribution in [0, 0.1) is 5.82 Å². The summed E-state index contributed by atoms with van der Waals surface area (Å²) in [6, 6.07) is 0. The van der Waals surface area contributed by atoms with Crippen LogP contribution < -0.4 is 0 Å². The van der Waals surface area contributed by atoms with Crippen LogP contribution in [0.15, 0.2) is 18.5 Å². The molecule has 0 saturated heterocycles. The van der Waals surface area contributed by atoms with Crippen LogP contribution in [0.25, 0.3) is 5.57 Å². The topological polar surface area (TPSA) is 55.3 Å². The number of hydrogen-bond donors (Lipinski definition) is 0. The molecule has 5 nitrogen and oxygen atoms in total. The Morgan fingerprint density at radius 2 is 2.00 bits per heavy atom. The molecule has 0 N–H and O–H groups in total. The summed E-state index contributed by atoms with van der Waals surface area (Å²) in [6.45, 7) is 6.28. The van der Waals surface area contributed by atoms with Gasteiger partial charge in [-0.2, -0.15) is 0 Å². The first-order chi connectivity index (χ1) is 8.85. The van der Waals surface area contributed by atoms with Crippen LogP contribution >= 0.6 is 0 Å². The van der Waals surface area contributed by atoms with E-state index in [1.54, 1.807) is 4.90 Å². The molecule has 2 rings (SSSR count). The molecule has 1 amide bonds. The van der Waals surface area contributed by atoms with Crippen LogP contribution in [0.4, 0.5) is 9.18 Å².